The van der Waals surface area contributed by atoms with Crippen LogP contribution in [0.4, 0.5) is 11.4 Å². The zero-order valence-corrected chi connectivity index (χ0v) is 16.8. The van der Waals surface area contributed by atoms with E-state index in [-0.39, 0.29) is 22.6 Å². The van der Waals surface area contributed by atoms with Gasteiger partial charge in [0.05, 0.1) is 17.3 Å². The number of amides is 1. The van der Waals surface area contributed by atoms with Gasteiger partial charge in [-0.1, -0.05) is 36.4 Å². The number of rotatable bonds is 6. The second-order valence-corrected chi connectivity index (χ2v) is 9.73. The molecule has 0 aliphatic carbocycles. The number of thioether (sulfide) groups is 1. The second-order valence-electron chi connectivity index (χ2n) is 6.63. The Morgan fingerprint density at radius 3 is 2.52 bits per heavy atom. The highest BCUT2D eigenvalue weighted by Gasteiger charge is 2.36. The van der Waals surface area contributed by atoms with Crippen molar-refractivity contribution >= 4 is 39.1 Å². The molecule has 0 radical (unpaired) electrons. The van der Waals surface area contributed by atoms with Crippen molar-refractivity contribution in [3.05, 3.63) is 60.2 Å². The van der Waals surface area contributed by atoms with Crippen molar-refractivity contribution in [2.45, 2.75) is 30.0 Å². The highest BCUT2D eigenvalue weighted by molar-refractivity contribution is 8.01. The minimum Gasteiger partial charge on any atom is -0.325 e. The predicted molar refractivity (Wildman–Crippen MR) is 111 cm³/mol. The first-order valence-corrected chi connectivity index (χ1v) is 11.5. The third-order valence-corrected chi connectivity index (χ3v) is 6.32. The fourth-order valence-corrected chi connectivity index (χ4v) is 5.01. The molecule has 0 aromatic heterocycles. The molecule has 0 spiro atoms. The van der Waals surface area contributed by atoms with Crippen LogP contribution < -0.4 is 15.4 Å². The Hall–Kier alpha value is -2.03. The van der Waals surface area contributed by atoms with E-state index in [4.69, 9.17) is 0 Å². The fraction of sp³-hybridized carbons (Fsp3) is 0.316. The van der Waals surface area contributed by atoms with E-state index in [9.17, 15) is 13.2 Å². The first kappa shape index (κ1) is 19.7. The Morgan fingerprint density at radius 2 is 1.81 bits per heavy atom. The van der Waals surface area contributed by atoms with Gasteiger partial charge in [-0.25, -0.2) is 8.42 Å². The van der Waals surface area contributed by atoms with Gasteiger partial charge in [-0.3, -0.25) is 9.52 Å². The molecule has 6 nitrogen and oxygen atoms in total. The number of carbonyl (C=O) groups is 1. The molecule has 0 bridgehead atoms. The van der Waals surface area contributed by atoms with Crippen LogP contribution in [0.2, 0.25) is 0 Å². The van der Waals surface area contributed by atoms with E-state index >= 15 is 0 Å². The third-order valence-electron chi connectivity index (χ3n) is 4.17. The highest BCUT2D eigenvalue weighted by atomic mass is 32.2. The maximum Gasteiger partial charge on any atom is 0.239 e. The van der Waals surface area contributed by atoms with Gasteiger partial charge >= 0.3 is 0 Å². The first-order valence-electron chi connectivity index (χ1n) is 8.64. The number of hydrogen-bond acceptors (Lipinski definition) is 5. The number of carbonyl (C=O) groups excluding carboxylic acids is 1. The lowest BCUT2D eigenvalue weighted by Gasteiger charge is -2.14. The molecule has 1 aliphatic rings. The fourth-order valence-electron chi connectivity index (χ4n) is 3.03. The van der Waals surface area contributed by atoms with E-state index in [1.807, 2.05) is 25.1 Å². The molecule has 3 unspecified atom stereocenters. The number of sulfonamides is 1. The summed E-state index contributed by atoms with van der Waals surface area (Å²) in [5, 5.41) is 6.32. The van der Waals surface area contributed by atoms with Gasteiger partial charge in [0.2, 0.25) is 15.9 Å². The molecule has 1 saturated heterocycles. The zero-order chi connectivity index (χ0) is 19.4. The zero-order valence-electron chi connectivity index (χ0n) is 15.2. The van der Waals surface area contributed by atoms with Gasteiger partial charge in [-0.05, 0) is 37.1 Å². The Kier molecular flexibility index (Phi) is 6.08. The Morgan fingerprint density at radius 1 is 1.11 bits per heavy atom. The van der Waals surface area contributed by atoms with Gasteiger partial charge in [0, 0.05) is 11.7 Å². The summed E-state index contributed by atoms with van der Waals surface area (Å²) in [5.41, 5.74) is 2.21. The summed E-state index contributed by atoms with van der Waals surface area (Å²) in [6, 6.07) is 16.9. The van der Waals surface area contributed by atoms with Gasteiger partial charge in [-0.2, -0.15) is 0 Å². The lowest BCUT2D eigenvalue weighted by atomic mass is 10.1. The van der Waals surface area contributed by atoms with Crippen LogP contribution in [0, 0.1) is 0 Å². The molecule has 3 N–H and O–H groups in total. The van der Waals surface area contributed by atoms with Crippen LogP contribution in [-0.2, 0) is 21.2 Å². The van der Waals surface area contributed by atoms with E-state index < -0.39 is 10.0 Å². The van der Waals surface area contributed by atoms with Gasteiger partial charge in [-0.15, -0.1) is 11.8 Å². The molecule has 2 aromatic rings. The summed E-state index contributed by atoms with van der Waals surface area (Å²) in [6.45, 7) is 2.00. The molecule has 144 valence electrons. The average molecular weight is 406 g/mol. The normalized spacial score (nSPS) is 22.4. The molecule has 3 atom stereocenters. The van der Waals surface area contributed by atoms with Crippen molar-refractivity contribution in [1.29, 1.82) is 0 Å². The van der Waals surface area contributed by atoms with Crippen LogP contribution in [0.25, 0.3) is 0 Å². The van der Waals surface area contributed by atoms with Crippen molar-refractivity contribution in [3.63, 3.8) is 0 Å². The van der Waals surface area contributed by atoms with Crippen LogP contribution in [0.1, 0.15) is 12.5 Å². The summed E-state index contributed by atoms with van der Waals surface area (Å²) < 4.78 is 25.1. The molecule has 1 heterocycles. The van der Waals surface area contributed by atoms with E-state index in [2.05, 4.69) is 27.5 Å². The number of hydrogen-bond donors (Lipinski definition) is 3. The molecular formula is C19H23N3O3S2. The van der Waals surface area contributed by atoms with E-state index in [0.717, 1.165) is 12.7 Å². The molecule has 3 rings (SSSR count). The monoisotopic (exact) mass is 405 g/mol. The van der Waals surface area contributed by atoms with E-state index in [0.29, 0.717) is 11.4 Å². The molecule has 2 aromatic carbocycles. The Labute approximate surface area is 164 Å². The number of nitrogens with one attached hydrogen (secondary N) is 3. The third kappa shape index (κ3) is 5.72. The van der Waals surface area contributed by atoms with Crippen LogP contribution >= 0.6 is 11.8 Å². The smallest absolute Gasteiger partial charge is 0.239 e. The second kappa shape index (κ2) is 8.33. The summed E-state index contributed by atoms with van der Waals surface area (Å²) >= 11 is 1.62. The van der Waals surface area contributed by atoms with Gasteiger partial charge in [0.15, 0.2) is 0 Å². The predicted octanol–water partition coefficient (Wildman–Crippen LogP) is 2.66. The minimum absolute atomic E-state index is 0.0426. The Balaban J connectivity index is 1.62. The van der Waals surface area contributed by atoms with E-state index in [1.165, 1.54) is 5.56 Å². The first-order chi connectivity index (χ1) is 12.8. The summed E-state index contributed by atoms with van der Waals surface area (Å²) in [4.78, 5) is 12.7. The van der Waals surface area contributed by atoms with Crippen LogP contribution in [-0.4, -0.2) is 37.2 Å². The van der Waals surface area contributed by atoms with Gasteiger partial charge in [0.1, 0.15) is 5.25 Å². The van der Waals surface area contributed by atoms with Crippen molar-refractivity contribution in [2.24, 2.45) is 0 Å². The maximum atomic E-state index is 12.7. The van der Waals surface area contributed by atoms with Crippen LogP contribution in [0.3, 0.4) is 0 Å². The quantitative estimate of drug-likeness (QED) is 0.688. The molecule has 1 aliphatic heterocycles. The van der Waals surface area contributed by atoms with Crippen molar-refractivity contribution in [3.8, 4) is 0 Å². The number of anilines is 2. The molecule has 8 heteroatoms. The topological polar surface area (TPSA) is 87.3 Å². The van der Waals surface area contributed by atoms with Crippen LogP contribution in [0.15, 0.2) is 54.6 Å². The molecule has 27 heavy (non-hydrogen) atoms. The van der Waals surface area contributed by atoms with Crippen LogP contribution in [0.5, 0.6) is 0 Å². The standard InChI is InChI=1S/C19H23N3O3S2/c1-13-18(26-17(20-13)11-14-7-4-3-5-8-14)19(23)21-15-9-6-10-16(12-15)22-27(2,24)25/h3-10,12-13,17-18,20,22H,11H2,1-2H3,(H,21,23). The Bertz CT molecular complexity index is 903. The molecule has 1 amide bonds. The lowest BCUT2D eigenvalue weighted by molar-refractivity contribution is -0.115. The van der Waals surface area contributed by atoms with E-state index in [1.54, 1.807) is 36.0 Å². The summed E-state index contributed by atoms with van der Waals surface area (Å²) in [6.07, 6.45) is 1.95. The average Bonchev–Trinajstić information content (AvgIpc) is 2.95. The molecule has 0 saturated carbocycles. The summed E-state index contributed by atoms with van der Waals surface area (Å²) in [7, 11) is -3.36. The SMILES string of the molecule is CC1NC(Cc2ccccc2)SC1C(=O)Nc1cccc(NS(C)(=O)=O)c1. The largest absolute Gasteiger partial charge is 0.325 e. The van der Waals surface area contributed by atoms with Crippen molar-refractivity contribution < 1.29 is 13.2 Å². The molecular weight excluding hydrogens is 382 g/mol. The number of benzene rings is 2. The summed E-state index contributed by atoms with van der Waals surface area (Å²) in [5.74, 6) is -0.0907. The molecule has 1 fully saturated rings. The lowest BCUT2D eigenvalue weighted by Crippen LogP contribution is -2.37. The minimum atomic E-state index is -3.36. The van der Waals surface area contributed by atoms with Crippen molar-refractivity contribution in [2.75, 3.05) is 16.3 Å². The maximum absolute atomic E-state index is 12.7. The highest BCUT2D eigenvalue weighted by Crippen LogP contribution is 2.30. The van der Waals surface area contributed by atoms with Gasteiger partial charge in [0.25, 0.3) is 0 Å². The van der Waals surface area contributed by atoms with Crippen molar-refractivity contribution in [1.82, 2.24) is 5.32 Å². The van der Waals surface area contributed by atoms with Gasteiger partial charge < -0.3 is 10.6 Å².